The second kappa shape index (κ2) is 6.65. The molecule has 0 radical (unpaired) electrons. The van der Waals surface area contributed by atoms with Crippen molar-refractivity contribution in [1.29, 1.82) is 0 Å². The highest BCUT2D eigenvalue weighted by atomic mass is 79.9. The van der Waals surface area contributed by atoms with E-state index >= 15 is 0 Å². The molecule has 0 amide bonds. The van der Waals surface area contributed by atoms with Crippen LogP contribution >= 0.6 is 55.1 Å². The average molecular weight is 443 g/mol. The first-order valence-electron chi connectivity index (χ1n) is 5.56. The van der Waals surface area contributed by atoms with Gasteiger partial charge in [-0.25, -0.2) is 4.39 Å². The fraction of sp³-hybridized carbons (Fsp3) is 0.143. The molecule has 1 atom stereocenters. The molecule has 106 valence electrons. The fourth-order valence-corrected chi connectivity index (χ4v) is 2.95. The maximum atomic E-state index is 13.5. The van der Waals surface area contributed by atoms with E-state index in [0.29, 0.717) is 20.8 Å². The SMILES string of the molecule is COc1cc(F)c(Br)cc1C(Cl)c1ccc(Cl)c(Br)c1. The molecule has 6 heteroatoms. The molecular weight excluding hydrogens is 434 g/mol. The summed E-state index contributed by atoms with van der Waals surface area (Å²) in [7, 11) is 1.48. The van der Waals surface area contributed by atoms with Crippen molar-refractivity contribution in [3.05, 3.63) is 61.2 Å². The largest absolute Gasteiger partial charge is 0.496 e. The number of alkyl halides is 1. The maximum Gasteiger partial charge on any atom is 0.141 e. The van der Waals surface area contributed by atoms with Crippen LogP contribution in [-0.2, 0) is 0 Å². The van der Waals surface area contributed by atoms with Crippen LogP contribution < -0.4 is 4.74 Å². The van der Waals surface area contributed by atoms with E-state index in [-0.39, 0.29) is 0 Å². The Morgan fingerprint density at radius 2 is 1.85 bits per heavy atom. The van der Waals surface area contributed by atoms with E-state index in [0.717, 1.165) is 10.0 Å². The van der Waals surface area contributed by atoms with E-state index in [1.54, 1.807) is 12.1 Å². The first-order valence-corrected chi connectivity index (χ1v) is 7.96. The van der Waals surface area contributed by atoms with Crippen molar-refractivity contribution in [2.24, 2.45) is 0 Å². The van der Waals surface area contributed by atoms with Crippen LogP contribution in [0.1, 0.15) is 16.5 Å². The third kappa shape index (κ3) is 3.30. The first kappa shape index (κ1) is 16.1. The molecule has 0 heterocycles. The quantitative estimate of drug-likeness (QED) is 0.504. The third-order valence-electron chi connectivity index (χ3n) is 2.78. The van der Waals surface area contributed by atoms with Crippen molar-refractivity contribution in [2.75, 3.05) is 7.11 Å². The van der Waals surface area contributed by atoms with Crippen LogP contribution in [0.25, 0.3) is 0 Å². The van der Waals surface area contributed by atoms with Gasteiger partial charge < -0.3 is 4.74 Å². The molecule has 0 spiro atoms. The zero-order chi connectivity index (χ0) is 14.9. The smallest absolute Gasteiger partial charge is 0.141 e. The first-order chi connectivity index (χ1) is 9.43. The predicted molar refractivity (Wildman–Crippen MR) is 87.5 cm³/mol. The average Bonchev–Trinajstić information content (AvgIpc) is 2.43. The Hall–Kier alpha value is -0.290. The summed E-state index contributed by atoms with van der Waals surface area (Å²) < 4.78 is 19.8. The standard InChI is InChI=1S/C14H9Br2Cl2FO/c1-20-13-6-12(19)10(16)5-8(13)14(18)7-2-3-11(17)9(15)4-7/h2-6,14H,1H3. The summed E-state index contributed by atoms with van der Waals surface area (Å²) in [5, 5.41) is 0.125. The van der Waals surface area contributed by atoms with Crippen molar-refractivity contribution in [3.8, 4) is 5.75 Å². The van der Waals surface area contributed by atoms with Crippen molar-refractivity contribution >= 4 is 55.1 Å². The van der Waals surface area contributed by atoms with Crippen molar-refractivity contribution in [3.63, 3.8) is 0 Å². The van der Waals surface area contributed by atoms with E-state index in [1.807, 2.05) is 12.1 Å². The van der Waals surface area contributed by atoms with Crippen LogP contribution in [0.4, 0.5) is 4.39 Å². The number of benzene rings is 2. The molecule has 2 aromatic rings. The highest BCUT2D eigenvalue weighted by Crippen LogP contribution is 2.39. The number of rotatable bonds is 3. The molecule has 0 aliphatic rings. The maximum absolute atomic E-state index is 13.5. The molecule has 0 saturated heterocycles. The summed E-state index contributed by atoms with van der Waals surface area (Å²) >= 11 is 19.0. The number of ether oxygens (including phenoxy) is 1. The highest BCUT2D eigenvalue weighted by Gasteiger charge is 2.19. The molecule has 0 saturated carbocycles. The Balaban J connectivity index is 2.49. The third-order valence-corrected chi connectivity index (χ3v) is 5.09. The van der Waals surface area contributed by atoms with E-state index in [1.165, 1.54) is 13.2 Å². The number of hydrogen-bond donors (Lipinski definition) is 0. The van der Waals surface area contributed by atoms with Crippen molar-refractivity contribution < 1.29 is 9.13 Å². The normalized spacial score (nSPS) is 12.3. The number of methoxy groups -OCH3 is 1. The molecule has 0 aliphatic carbocycles. The molecule has 1 nitrogen and oxygen atoms in total. The van der Waals surface area contributed by atoms with E-state index in [2.05, 4.69) is 31.9 Å². The van der Waals surface area contributed by atoms with Gasteiger partial charge in [0.2, 0.25) is 0 Å². The Morgan fingerprint density at radius 1 is 1.15 bits per heavy atom. The molecule has 2 rings (SSSR count). The molecule has 0 N–H and O–H groups in total. The van der Waals surface area contributed by atoms with Crippen LogP contribution in [0, 0.1) is 5.82 Å². The van der Waals surface area contributed by atoms with Gasteiger partial charge in [0.15, 0.2) is 0 Å². The summed E-state index contributed by atoms with van der Waals surface area (Å²) in [5.74, 6) is 0.00326. The van der Waals surface area contributed by atoms with E-state index in [4.69, 9.17) is 27.9 Å². The molecule has 0 aliphatic heterocycles. The fourth-order valence-electron chi connectivity index (χ4n) is 1.77. The lowest BCUT2D eigenvalue weighted by atomic mass is 10.0. The summed E-state index contributed by atoms with van der Waals surface area (Å²) in [6, 6.07) is 8.33. The lowest BCUT2D eigenvalue weighted by molar-refractivity contribution is 0.406. The Bertz CT molecular complexity index is 649. The van der Waals surface area contributed by atoms with Gasteiger partial charge in [0.25, 0.3) is 0 Å². The lowest BCUT2D eigenvalue weighted by Gasteiger charge is -2.16. The van der Waals surface area contributed by atoms with Gasteiger partial charge in [0.05, 0.1) is 22.0 Å². The second-order valence-corrected chi connectivity index (χ2v) is 6.60. The minimum absolute atomic E-state index is 0.340. The highest BCUT2D eigenvalue weighted by molar-refractivity contribution is 9.10. The second-order valence-electron chi connectivity index (χ2n) is 4.04. The Morgan fingerprint density at radius 3 is 2.45 bits per heavy atom. The van der Waals surface area contributed by atoms with Gasteiger partial charge in [-0.1, -0.05) is 17.7 Å². The molecule has 1 unspecified atom stereocenters. The van der Waals surface area contributed by atoms with E-state index < -0.39 is 11.2 Å². The Labute approximate surface area is 143 Å². The molecular formula is C14H9Br2Cl2FO. The van der Waals surface area contributed by atoms with Gasteiger partial charge in [0, 0.05) is 16.1 Å². The van der Waals surface area contributed by atoms with Gasteiger partial charge in [-0.3, -0.25) is 0 Å². The summed E-state index contributed by atoms with van der Waals surface area (Å²) in [6.07, 6.45) is 0. The van der Waals surface area contributed by atoms with Crippen molar-refractivity contribution in [1.82, 2.24) is 0 Å². The molecule has 2 aromatic carbocycles. The van der Waals surface area contributed by atoms with Crippen LogP contribution in [0.2, 0.25) is 5.02 Å². The van der Waals surface area contributed by atoms with Gasteiger partial charge in [-0.15, -0.1) is 11.6 Å². The van der Waals surface area contributed by atoms with Gasteiger partial charge in [-0.2, -0.15) is 0 Å². The molecule has 20 heavy (non-hydrogen) atoms. The minimum Gasteiger partial charge on any atom is -0.496 e. The van der Waals surface area contributed by atoms with Crippen molar-refractivity contribution in [2.45, 2.75) is 5.38 Å². The molecule has 0 fully saturated rings. The number of hydrogen-bond acceptors (Lipinski definition) is 1. The van der Waals surface area contributed by atoms with Crippen LogP contribution in [0.3, 0.4) is 0 Å². The van der Waals surface area contributed by atoms with E-state index in [9.17, 15) is 4.39 Å². The summed E-state index contributed by atoms with van der Waals surface area (Å²) in [5.41, 5.74) is 1.51. The van der Waals surface area contributed by atoms with Crippen LogP contribution in [0.15, 0.2) is 39.3 Å². The van der Waals surface area contributed by atoms with Gasteiger partial charge in [-0.05, 0) is 55.6 Å². The minimum atomic E-state index is -0.476. The van der Waals surface area contributed by atoms with Gasteiger partial charge in [0.1, 0.15) is 11.6 Å². The zero-order valence-corrected chi connectivity index (χ0v) is 14.9. The monoisotopic (exact) mass is 440 g/mol. The predicted octanol–water partition coefficient (Wildman–Crippen LogP) is 6.34. The Kier molecular flexibility index (Phi) is 5.35. The lowest BCUT2D eigenvalue weighted by Crippen LogP contribution is -1.99. The summed E-state index contributed by atoms with van der Waals surface area (Å²) in [4.78, 5) is 0. The summed E-state index contributed by atoms with van der Waals surface area (Å²) in [6.45, 7) is 0. The van der Waals surface area contributed by atoms with Crippen LogP contribution in [-0.4, -0.2) is 7.11 Å². The molecule has 0 bridgehead atoms. The van der Waals surface area contributed by atoms with Crippen LogP contribution in [0.5, 0.6) is 5.75 Å². The topological polar surface area (TPSA) is 9.23 Å². The molecule has 0 aromatic heterocycles. The zero-order valence-electron chi connectivity index (χ0n) is 10.3. The van der Waals surface area contributed by atoms with Gasteiger partial charge >= 0.3 is 0 Å². The number of halogens is 5.